The number of nitro groups is 1. The first kappa shape index (κ1) is 12.7. The number of hydrogen-bond acceptors (Lipinski definition) is 4. The maximum absolute atomic E-state index is 13.6. The summed E-state index contributed by atoms with van der Waals surface area (Å²) in [4.78, 5) is 9.94. The van der Waals surface area contributed by atoms with E-state index in [-0.39, 0.29) is 6.04 Å². The fourth-order valence-corrected chi connectivity index (χ4v) is 2.03. The lowest BCUT2D eigenvalue weighted by molar-refractivity contribution is -0.386. The van der Waals surface area contributed by atoms with E-state index in [9.17, 15) is 18.9 Å². The number of nitro benzene ring substituents is 1. The summed E-state index contributed by atoms with van der Waals surface area (Å²) in [6.07, 6.45) is 1.57. The number of nitrogens with two attached hydrogens (primary N) is 1. The molecule has 1 saturated carbocycles. The topological polar surface area (TPSA) is 78.4 Å². The van der Waals surface area contributed by atoms with Crippen molar-refractivity contribution in [3.8, 4) is 5.75 Å². The number of hydrogen-bond donors (Lipinski definition) is 1. The van der Waals surface area contributed by atoms with E-state index in [1.54, 1.807) is 0 Å². The second-order valence-electron chi connectivity index (χ2n) is 4.22. The van der Waals surface area contributed by atoms with Crippen molar-refractivity contribution in [1.82, 2.24) is 0 Å². The lowest BCUT2D eigenvalue weighted by Gasteiger charge is -2.18. The van der Waals surface area contributed by atoms with Crippen molar-refractivity contribution in [2.45, 2.75) is 31.4 Å². The van der Waals surface area contributed by atoms with Crippen LogP contribution in [0.3, 0.4) is 0 Å². The Hall–Kier alpha value is -1.76. The summed E-state index contributed by atoms with van der Waals surface area (Å²) in [7, 11) is 0. The molecule has 5 nitrogen and oxygen atoms in total. The Kier molecular flexibility index (Phi) is 3.42. The van der Waals surface area contributed by atoms with Crippen LogP contribution in [-0.4, -0.2) is 17.1 Å². The van der Waals surface area contributed by atoms with Gasteiger partial charge in [0.1, 0.15) is 6.10 Å². The highest BCUT2D eigenvalue weighted by atomic mass is 19.2. The molecule has 1 aromatic rings. The third-order valence-corrected chi connectivity index (χ3v) is 3.00. The van der Waals surface area contributed by atoms with Gasteiger partial charge >= 0.3 is 5.69 Å². The van der Waals surface area contributed by atoms with Gasteiger partial charge in [-0.05, 0) is 25.3 Å². The molecule has 0 heterocycles. The third-order valence-electron chi connectivity index (χ3n) is 3.00. The fourth-order valence-electron chi connectivity index (χ4n) is 2.03. The monoisotopic (exact) mass is 258 g/mol. The number of rotatable bonds is 3. The van der Waals surface area contributed by atoms with Crippen LogP contribution in [0, 0.1) is 21.7 Å². The van der Waals surface area contributed by atoms with Gasteiger partial charge in [0.2, 0.25) is 11.6 Å². The highest BCUT2D eigenvalue weighted by molar-refractivity contribution is 5.47. The van der Waals surface area contributed by atoms with Crippen LogP contribution in [0.25, 0.3) is 0 Å². The van der Waals surface area contributed by atoms with Crippen LogP contribution in [0.15, 0.2) is 12.1 Å². The van der Waals surface area contributed by atoms with Crippen LogP contribution in [0.2, 0.25) is 0 Å². The zero-order chi connectivity index (χ0) is 13.3. The molecule has 18 heavy (non-hydrogen) atoms. The van der Waals surface area contributed by atoms with Crippen molar-refractivity contribution >= 4 is 5.69 Å². The van der Waals surface area contributed by atoms with E-state index >= 15 is 0 Å². The lowest BCUT2D eigenvalue weighted by Crippen LogP contribution is -2.34. The standard InChI is InChI=1S/C11H12F2N2O3/c12-6-4-5-8(15(16)17)11(10(6)13)18-9-3-1-2-7(9)14/h4-5,7,9H,1-3,14H2. The Morgan fingerprint density at radius 3 is 2.67 bits per heavy atom. The second kappa shape index (κ2) is 4.85. The van der Waals surface area contributed by atoms with Crippen molar-refractivity contribution in [3.05, 3.63) is 33.9 Å². The summed E-state index contributed by atoms with van der Waals surface area (Å²) < 4.78 is 31.9. The predicted octanol–water partition coefficient (Wildman–Crippen LogP) is 2.13. The Morgan fingerprint density at radius 2 is 2.11 bits per heavy atom. The minimum absolute atomic E-state index is 0.313. The van der Waals surface area contributed by atoms with E-state index in [1.807, 2.05) is 0 Å². The van der Waals surface area contributed by atoms with Crippen LogP contribution in [0.1, 0.15) is 19.3 Å². The Morgan fingerprint density at radius 1 is 1.39 bits per heavy atom. The molecule has 0 spiro atoms. The molecule has 2 N–H and O–H groups in total. The minimum Gasteiger partial charge on any atom is -0.480 e. The quantitative estimate of drug-likeness (QED) is 0.665. The van der Waals surface area contributed by atoms with Gasteiger partial charge in [0.15, 0.2) is 5.82 Å². The Bertz CT molecular complexity index is 482. The minimum atomic E-state index is -1.34. The summed E-state index contributed by atoms with van der Waals surface area (Å²) >= 11 is 0. The predicted molar refractivity (Wildman–Crippen MR) is 59.3 cm³/mol. The van der Waals surface area contributed by atoms with Crippen molar-refractivity contribution < 1.29 is 18.4 Å². The summed E-state index contributed by atoms with van der Waals surface area (Å²) in [5.41, 5.74) is 5.14. The van der Waals surface area contributed by atoms with Crippen LogP contribution in [0.4, 0.5) is 14.5 Å². The maximum atomic E-state index is 13.6. The van der Waals surface area contributed by atoms with Gasteiger partial charge < -0.3 is 10.5 Å². The zero-order valence-corrected chi connectivity index (χ0v) is 9.44. The summed E-state index contributed by atoms with van der Waals surface area (Å²) in [5, 5.41) is 10.7. The number of ether oxygens (including phenoxy) is 1. The molecule has 2 unspecified atom stereocenters. The van der Waals surface area contributed by atoms with Gasteiger partial charge in [0.05, 0.1) is 4.92 Å². The van der Waals surface area contributed by atoms with E-state index < -0.39 is 34.1 Å². The van der Waals surface area contributed by atoms with Crippen molar-refractivity contribution in [3.63, 3.8) is 0 Å². The van der Waals surface area contributed by atoms with Gasteiger partial charge in [-0.25, -0.2) is 4.39 Å². The van der Waals surface area contributed by atoms with E-state index in [0.717, 1.165) is 12.5 Å². The van der Waals surface area contributed by atoms with Crippen molar-refractivity contribution in [2.75, 3.05) is 0 Å². The molecular formula is C11H12F2N2O3. The van der Waals surface area contributed by atoms with Gasteiger partial charge in [-0.2, -0.15) is 4.39 Å². The summed E-state index contributed by atoms with van der Waals surface area (Å²) in [6.45, 7) is 0. The van der Waals surface area contributed by atoms with E-state index in [4.69, 9.17) is 10.5 Å². The first-order chi connectivity index (χ1) is 8.50. The Balaban J connectivity index is 2.35. The third kappa shape index (κ3) is 2.26. The number of nitrogens with zero attached hydrogens (tertiary/aromatic N) is 1. The molecule has 2 atom stereocenters. The van der Waals surface area contributed by atoms with E-state index in [0.29, 0.717) is 18.9 Å². The van der Waals surface area contributed by atoms with E-state index in [1.165, 1.54) is 0 Å². The number of benzene rings is 1. The highest BCUT2D eigenvalue weighted by Gasteiger charge is 2.31. The molecule has 0 aromatic heterocycles. The van der Waals surface area contributed by atoms with Gasteiger partial charge in [-0.15, -0.1) is 0 Å². The zero-order valence-electron chi connectivity index (χ0n) is 9.44. The molecule has 1 fully saturated rings. The highest BCUT2D eigenvalue weighted by Crippen LogP contribution is 2.34. The van der Waals surface area contributed by atoms with Crippen LogP contribution >= 0.6 is 0 Å². The SMILES string of the molecule is NC1CCCC1Oc1c([N+](=O)[O-])ccc(F)c1F. The van der Waals surface area contributed by atoms with Crippen LogP contribution in [-0.2, 0) is 0 Å². The smallest absolute Gasteiger partial charge is 0.314 e. The average molecular weight is 258 g/mol. The first-order valence-electron chi connectivity index (χ1n) is 5.55. The largest absolute Gasteiger partial charge is 0.480 e. The van der Waals surface area contributed by atoms with Crippen LogP contribution in [0.5, 0.6) is 5.75 Å². The van der Waals surface area contributed by atoms with Gasteiger partial charge in [0.25, 0.3) is 0 Å². The first-order valence-corrected chi connectivity index (χ1v) is 5.55. The molecule has 0 saturated heterocycles. The average Bonchev–Trinajstić information content (AvgIpc) is 2.70. The summed E-state index contributed by atoms with van der Waals surface area (Å²) in [5.74, 6) is -3.19. The number of halogens is 2. The van der Waals surface area contributed by atoms with Gasteiger partial charge in [0, 0.05) is 12.1 Å². The molecule has 0 amide bonds. The van der Waals surface area contributed by atoms with Crippen LogP contribution < -0.4 is 10.5 Å². The molecule has 0 aliphatic heterocycles. The maximum Gasteiger partial charge on any atom is 0.314 e. The molecule has 0 radical (unpaired) electrons. The molecule has 1 aliphatic rings. The molecule has 2 rings (SSSR count). The fraction of sp³-hybridized carbons (Fsp3) is 0.455. The molecule has 0 bridgehead atoms. The van der Waals surface area contributed by atoms with Crippen molar-refractivity contribution in [2.24, 2.45) is 5.73 Å². The Labute approximate surface area is 102 Å². The van der Waals surface area contributed by atoms with E-state index in [2.05, 4.69) is 0 Å². The molecular weight excluding hydrogens is 246 g/mol. The molecule has 1 aliphatic carbocycles. The molecule has 1 aromatic carbocycles. The second-order valence-corrected chi connectivity index (χ2v) is 4.22. The van der Waals surface area contributed by atoms with Crippen molar-refractivity contribution in [1.29, 1.82) is 0 Å². The lowest BCUT2D eigenvalue weighted by atomic mass is 10.2. The normalized spacial score (nSPS) is 23.1. The molecule has 7 heteroatoms. The summed E-state index contributed by atoms with van der Waals surface area (Å²) in [6, 6.07) is 1.27. The van der Waals surface area contributed by atoms with Gasteiger partial charge in [-0.3, -0.25) is 10.1 Å². The molecule has 98 valence electrons. The van der Waals surface area contributed by atoms with Gasteiger partial charge in [-0.1, -0.05) is 0 Å².